The number of hydrogen-bond donors (Lipinski definition) is 2. The Hall–Kier alpha value is -5.07. The second-order valence-corrected chi connectivity index (χ2v) is 16.5. The molecule has 2 aromatic carbocycles. The second kappa shape index (κ2) is 19.2. The topological polar surface area (TPSA) is 154 Å². The molecule has 2 unspecified atom stereocenters. The first-order chi connectivity index (χ1) is 26.3. The monoisotopic (exact) mass is 776 g/mol. The van der Waals surface area contributed by atoms with Crippen molar-refractivity contribution in [1.29, 1.82) is 0 Å². The van der Waals surface area contributed by atoms with E-state index in [1.807, 2.05) is 49.1 Å². The van der Waals surface area contributed by atoms with Crippen molar-refractivity contribution in [3.63, 3.8) is 0 Å². The summed E-state index contributed by atoms with van der Waals surface area (Å²) in [7, 11) is 0. The fraction of sp³-hybridized carbons (Fsp3) is 0.558. The summed E-state index contributed by atoms with van der Waals surface area (Å²) in [5.41, 5.74) is 2.66. The van der Waals surface area contributed by atoms with Gasteiger partial charge in [0, 0.05) is 44.1 Å². The van der Waals surface area contributed by atoms with Crippen LogP contribution in [0, 0.1) is 19.8 Å². The molecule has 0 radical (unpaired) electrons. The second-order valence-electron chi connectivity index (χ2n) is 16.5. The molecule has 0 bridgehead atoms. The van der Waals surface area contributed by atoms with Crippen molar-refractivity contribution in [1.82, 2.24) is 20.1 Å². The quantitative estimate of drug-likeness (QED) is 0.128. The van der Waals surface area contributed by atoms with Gasteiger partial charge in [-0.2, -0.15) is 0 Å². The molecule has 56 heavy (non-hydrogen) atoms. The third-order valence-corrected chi connectivity index (χ3v) is 9.53. The van der Waals surface area contributed by atoms with Gasteiger partial charge in [0.25, 0.3) is 0 Å². The van der Waals surface area contributed by atoms with Crippen LogP contribution in [0.15, 0.2) is 42.6 Å². The lowest BCUT2D eigenvalue weighted by Crippen LogP contribution is -2.49. The van der Waals surface area contributed by atoms with Crippen LogP contribution in [0.3, 0.4) is 0 Å². The Balaban J connectivity index is 1.43. The summed E-state index contributed by atoms with van der Waals surface area (Å²) in [6.45, 7) is 18.6. The van der Waals surface area contributed by atoms with E-state index in [1.54, 1.807) is 60.7 Å². The number of nitrogens with zero attached hydrogens (tertiary/aromatic N) is 2. The van der Waals surface area contributed by atoms with Gasteiger partial charge in [-0.05, 0) is 128 Å². The molecule has 1 saturated heterocycles. The van der Waals surface area contributed by atoms with Crippen molar-refractivity contribution < 1.29 is 42.9 Å². The first-order valence-electron chi connectivity index (χ1n) is 19.6. The van der Waals surface area contributed by atoms with Gasteiger partial charge in [0.1, 0.15) is 23.0 Å². The molecule has 0 saturated carbocycles. The number of likely N-dealkylation sites (tertiary alicyclic amines) is 1. The zero-order valence-electron chi connectivity index (χ0n) is 34.5. The number of fused-ring (bicyclic) bond motifs is 1. The smallest absolute Gasteiger partial charge is 0.419 e. The number of alkyl carbamates (subject to hydrolysis) is 1. The predicted molar refractivity (Wildman–Crippen MR) is 213 cm³/mol. The van der Waals surface area contributed by atoms with Crippen molar-refractivity contribution in [3.05, 3.63) is 64.8 Å². The molecule has 2 heterocycles. The molecule has 1 aliphatic rings. The number of nitrogens with one attached hydrogen (secondary N) is 2. The molecular weight excluding hydrogens is 716 g/mol. The van der Waals surface area contributed by atoms with E-state index in [2.05, 4.69) is 10.6 Å². The minimum Gasteiger partial charge on any atom is -0.494 e. The van der Waals surface area contributed by atoms with Crippen LogP contribution in [0.1, 0.15) is 103 Å². The average Bonchev–Trinajstić information content (AvgIpc) is 3.48. The SMILES string of the molecule is CCOC(=O)CCC(=O)N1CCCC(CCOc2cc(C)c(C)c(CNC(=O)C(Cc3cn(C(=O)OC(C)(C)C)c4ccccc34)NC(=O)OC(C)(C)C)c2)C1. The molecule has 3 amide bonds. The van der Waals surface area contributed by atoms with E-state index < -0.39 is 35.3 Å². The van der Waals surface area contributed by atoms with E-state index >= 15 is 0 Å². The van der Waals surface area contributed by atoms with E-state index in [0.717, 1.165) is 41.3 Å². The largest absolute Gasteiger partial charge is 0.494 e. The van der Waals surface area contributed by atoms with Crippen LogP contribution in [0.2, 0.25) is 0 Å². The Morgan fingerprint density at radius 1 is 0.929 bits per heavy atom. The zero-order chi connectivity index (χ0) is 41.2. The number of ether oxygens (including phenoxy) is 4. The molecule has 2 N–H and O–H groups in total. The number of amides is 3. The lowest BCUT2D eigenvalue weighted by molar-refractivity contribution is -0.146. The number of carbonyl (C=O) groups excluding carboxylic acids is 5. The van der Waals surface area contributed by atoms with Crippen LogP contribution < -0.4 is 15.4 Å². The van der Waals surface area contributed by atoms with Crippen LogP contribution in [-0.2, 0) is 41.6 Å². The number of carbonyl (C=O) groups is 5. The predicted octanol–water partition coefficient (Wildman–Crippen LogP) is 7.14. The van der Waals surface area contributed by atoms with Gasteiger partial charge in [0.15, 0.2) is 0 Å². The normalized spacial score (nSPS) is 15.2. The molecule has 306 valence electrons. The number of benzene rings is 2. The Labute approximate surface area is 330 Å². The average molecular weight is 777 g/mol. The summed E-state index contributed by atoms with van der Waals surface area (Å²) in [4.78, 5) is 66.4. The first-order valence-corrected chi connectivity index (χ1v) is 19.6. The third kappa shape index (κ3) is 13.0. The minimum atomic E-state index is -1.03. The minimum absolute atomic E-state index is 0.0272. The zero-order valence-corrected chi connectivity index (χ0v) is 34.5. The van der Waals surface area contributed by atoms with Gasteiger partial charge in [-0.3, -0.25) is 19.0 Å². The number of para-hydroxylation sites is 1. The van der Waals surface area contributed by atoms with Crippen LogP contribution >= 0.6 is 0 Å². The van der Waals surface area contributed by atoms with Crippen molar-refractivity contribution in [2.75, 3.05) is 26.3 Å². The van der Waals surface area contributed by atoms with Crippen molar-refractivity contribution in [2.45, 2.75) is 125 Å². The highest BCUT2D eigenvalue weighted by atomic mass is 16.6. The van der Waals surface area contributed by atoms with Gasteiger partial charge in [0.05, 0.1) is 25.2 Å². The van der Waals surface area contributed by atoms with E-state index in [9.17, 15) is 24.0 Å². The molecular formula is C43H60N4O9. The number of esters is 1. The van der Waals surface area contributed by atoms with Gasteiger partial charge in [-0.1, -0.05) is 18.2 Å². The standard InChI is InChI=1S/C43H60N4O9/c1-10-53-38(49)18-17-37(48)46-20-13-14-30(26-46)19-21-54-33-22-28(2)29(3)31(23-33)25-44-39(50)35(45-40(51)55-42(4,5)6)24-32-27-47(41(52)56-43(7,8)9)36-16-12-11-15-34(32)36/h11-12,15-16,22-23,27,30,35H,10,13-14,17-21,24-26H2,1-9H3,(H,44,50)(H,45,51). The summed E-state index contributed by atoms with van der Waals surface area (Å²) in [5, 5.41) is 6.51. The van der Waals surface area contributed by atoms with Gasteiger partial charge in [-0.25, -0.2) is 9.59 Å². The molecule has 3 aromatic rings. The summed E-state index contributed by atoms with van der Waals surface area (Å²) in [5.74, 6) is 0.156. The summed E-state index contributed by atoms with van der Waals surface area (Å²) in [6.07, 6.45) is 3.36. The molecule has 0 spiro atoms. The fourth-order valence-corrected chi connectivity index (χ4v) is 6.69. The molecule has 13 nitrogen and oxygen atoms in total. The van der Waals surface area contributed by atoms with E-state index in [1.165, 1.54) is 4.57 Å². The maximum Gasteiger partial charge on any atom is 0.419 e. The highest BCUT2D eigenvalue weighted by Gasteiger charge is 2.28. The molecule has 0 aliphatic carbocycles. The number of piperidine rings is 1. The van der Waals surface area contributed by atoms with Crippen molar-refractivity contribution in [3.8, 4) is 5.75 Å². The maximum atomic E-state index is 13.9. The fourth-order valence-electron chi connectivity index (χ4n) is 6.69. The molecule has 1 fully saturated rings. The first kappa shape index (κ1) is 43.7. The summed E-state index contributed by atoms with van der Waals surface area (Å²) < 4.78 is 23.8. The van der Waals surface area contributed by atoms with Crippen LogP contribution in [0.25, 0.3) is 10.9 Å². The number of rotatable bonds is 14. The van der Waals surface area contributed by atoms with E-state index in [4.69, 9.17) is 18.9 Å². The van der Waals surface area contributed by atoms with E-state index in [-0.39, 0.29) is 43.6 Å². The number of aryl methyl sites for hydroxylation is 1. The van der Waals surface area contributed by atoms with Crippen molar-refractivity contribution in [2.24, 2.45) is 5.92 Å². The lowest BCUT2D eigenvalue weighted by atomic mass is 9.95. The van der Waals surface area contributed by atoms with Gasteiger partial charge < -0.3 is 34.5 Å². The Bertz CT molecular complexity index is 1870. The molecule has 2 atom stereocenters. The van der Waals surface area contributed by atoms with Crippen LogP contribution in [-0.4, -0.2) is 83.0 Å². The van der Waals surface area contributed by atoms with Gasteiger partial charge in [0.2, 0.25) is 11.8 Å². The number of aromatic nitrogens is 1. The summed E-state index contributed by atoms with van der Waals surface area (Å²) >= 11 is 0. The number of hydrogen-bond acceptors (Lipinski definition) is 9. The van der Waals surface area contributed by atoms with Crippen LogP contribution in [0.5, 0.6) is 5.75 Å². The molecule has 1 aliphatic heterocycles. The maximum absolute atomic E-state index is 13.9. The van der Waals surface area contributed by atoms with Crippen LogP contribution in [0.4, 0.5) is 9.59 Å². The Morgan fingerprint density at radius 3 is 2.34 bits per heavy atom. The molecule has 13 heteroatoms. The highest BCUT2D eigenvalue weighted by molar-refractivity contribution is 5.93. The summed E-state index contributed by atoms with van der Waals surface area (Å²) in [6, 6.07) is 10.2. The Morgan fingerprint density at radius 2 is 1.64 bits per heavy atom. The third-order valence-electron chi connectivity index (χ3n) is 9.53. The van der Waals surface area contributed by atoms with E-state index in [0.29, 0.717) is 43.1 Å². The van der Waals surface area contributed by atoms with Gasteiger partial charge >= 0.3 is 18.2 Å². The Kier molecular flexibility index (Phi) is 15.0. The molecule has 4 rings (SSSR count). The molecule has 1 aromatic heterocycles. The van der Waals surface area contributed by atoms with Gasteiger partial charge in [-0.15, -0.1) is 0 Å². The lowest BCUT2D eigenvalue weighted by Gasteiger charge is -2.33. The highest BCUT2D eigenvalue weighted by Crippen LogP contribution is 2.26. The van der Waals surface area contributed by atoms with Crippen molar-refractivity contribution >= 4 is 40.9 Å².